The second-order valence-corrected chi connectivity index (χ2v) is 8.15. The highest BCUT2D eigenvalue weighted by Crippen LogP contribution is 2.48. The molecule has 0 saturated heterocycles. The Bertz CT molecular complexity index is 1200. The molecule has 0 fully saturated rings. The van der Waals surface area contributed by atoms with Crippen LogP contribution in [0.2, 0.25) is 0 Å². The zero-order chi connectivity index (χ0) is 22.4. The molecule has 3 aliphatic rings. The number of carbonyl (C=O) groups excluding carboxylic acids is 2. The number of hydrogen-bond acceptors (Lipinski definition) is 7. The Labute approximate surface area is 186 Å². The van der Waals surface area contributed by atoms with Gasteiger partial charge in [-0.3, -0.25) is 9.69 Å². The maximum absolute atomic E-state index is 13.3. The second-order valence-electron chi connectivity index (χ2n) is 8.15. The van der Waals surface area contributed by atoms with Gasteiger partial charge in [0.25, 0.3) is 0 Å². The van der Waals surface area contributed by atoms with Crippen LogP contribution >= 0.6 is 0 Å². The zero-order valence-corrected chi connectivity index (χ0v) is 18.0. The lowest BCUT2D eigenvalue weighted by Crippen LogP contribution is -2.40. The van der Waals surface area contributed by atoms with Crippen molar-refractivity contribution in [1.29, 1.82) is 0 Å². The highest BCUT2D eigenvalue weighted by atomic mass is 16.7. The van der Waals surface area contributed by atoms with Crippen molar-refractivity contribution in [2.24, 2.45) is 5.73 Å². The molecular formula is C25H24N2O5. The topological polar surface area (TPSA) is 91.1 Å². The third-order valence-corrected chi connectivity index (χ3v) is 6.19. The lowest BCUT2D eigenvalue weighted by molar-refractivity contribution is -0.136. The maximum atomic E-state index is 13.3. The molecule has 5 rings (SSSR count). The van der Waals surface area contributed by atoms with Gasteiger partial charge in [0.2, 0.25) is 6.79 Å². The van der Waals surface area contributed by atoms with Crippen LogP contribution in [0.4, 0.5) is 5.69 Å². The molecule has 0 aromatic heterocycles. The van der Waals surface area contributed by atoms with Gasteiger partial charge in [-0.1, -0.05) is 18.2 Å². The Kier molecular flexibility index (Phi) is 4.89. The molecule has 32 heavy (non-hydrogen) atoms. The highest BCUT2D eigenvalue weighted by Gasteiger charge is 2.43. The molecule has 1 atom stereocenters. The average molecular weight is 432 g/mol. The molecule has 7 nitrogen and oxygen atoms in total. The first-order valence-electron chi connectivity index (χ1n) is 10.6. The molecule has 2 aliphatic heterocycles. The van der Waals surface area contributed by atoms with E-state index in [-0.39, 0.29) is 24.0 Å². The highest BCUT2D eigenvalue weighted by molar-refractivity contribution is 6.05. The van der Waals surface area contributed by atoms with Crippen LogP contribution in [-0.4, -0.2) is 25.7 Å². The fraction of sp³-hybridized carbons (Fsp3) is 0.280. The number of ether oxygens (including phenoxy) is 3. The van der Waals surface area contributed by atoms with Crippen LogP contribution in [0.1, 0.15) is 36.3 Å². The lowest BCUT2D eigenvalue weighted by atomic mass is 9.75. The molecular weight excluding hydrogens is 408 g/mol. The molecule has 0 amide bonds. The van der Waals surface area contributed by atoms with Gasteiger partial charge in [-0.2, -0.15) is 0 Å². The van der Waals surface area contributed by atoms with E-state index in [1.807, 2.05) is 48.2 Å². The summed E-state index contributed by atoms with van der Waals surface area (Å²) >= 11 is 0. The minimum absolute atomic E-state index is 0.0143. The predicted molar refractivity (Wildman–Crippen MR) is 118 cm³/mol. The Balaban J connectivity index is 1.76. The van der Waals surface area contributed by atoms with E-state index in [1.54, 1.807) is 6.07 Å². The van der Waals surface area contributed by atoms with Crippen LogP contribution in [-0.2, 0) is 14.3 Å². The number of nitrogens with zero attached hydrogens (tertiary/aromatic N) is 1. The van der Waals surface area contributed by atoms with Crippen molar-refractivity contribution in [3.63, 3.8) is 0 Å². The first-order chi connectivity index (χ1) is 15.5. The van der Waals surface area contributed by atoms with Crippen molar-refractivity contribution in [3.05, 3.63) is 76.3 Å². The smallest absolute Gasteiger partial charge is 0.338 e. The standard InChI is InChI=1S/C25H24N2O5/c1-14-5-3-6-16(11-14)27-17-7-4-8-18(28)22(17)21(23(24(27)26)25(29)30-2)15-9-10-19-20(12-15)32-13-31-19/h3,5-6,9-12,21H,4,7-8,13,26H2,1-2H3. The van der Waals surface area contributed by atoms with Gasteiger partial charge < -0.3 is 19.9 Å². The number of benzene rings is 2. The van der Waals surface area contributed by atoms with Crippen molar-refractivity contribution in [1.82, 2.24) is 0 Å². The van der Waals surface area contributed by atoms with Crippen LogP contribution in [0.5, 0.6) is 11.5 Å². The number of carbonyl (C=O) groups is 2. The largest absolute Gasteiger partial charge is 0.466 e. The van der Waals surface area contributed by atoms with Crippen molar-refractivity contribution >= 4 is 17.4 Å². The van der Waals surface area contributed by atoms with Gasteiger partial charge in [0.1, 0.15) is 5.82 Å². The quantitative estimate of drug-likeness (QED) is 0.740. The number of allylic oxidation sites excluding steroid dienone is 2. The van der Waals surface area contributed by atoms with Crippen LogP contribution in [0, 0.1) is 6.92 Å². The third kappa shape index (κ3) is 3.12. The number of ketones is 1. The minimum Gasteiger partial charge on any atom is -0.466 e. The fourth-order valence-electron chi connectivity index (χ4n) is 4.78. The van der Waals surface area contributed by atoms with Crippen molar-refractivity contribution in [3.8, 4) is 11.5 Å². The van der Waals surface area contributed by atoms with Gasteiger partial charge >= 0.3 is 5.97 Å². The number of Topliss-reactive ketones (excluding diaryl/α,β-unsaturated/α-hetero) is 1. The summed E-state index contributed by atoms with van der Waals surface area (Å²) in [4.78, 5) is 28.2. The molecule has 2 aromatic rings. The predicted octanol–water partition coefficient (Wildman–Crippen LogP) is 3.68. The fourth-order valence-corrected chi connectivity index (χ4v) is 4.78. The lowest BCUT2D eigenvalue weighted by Gasteiger charge is -2.40. The second kappa shape index (κ2) is 7.75. The molecule has 2 heterocycles. The Morgan fingerprint density at radius 2 is 1.94 bits per heavy atom. The molecule has 164 valence electrons. The summed E-state index contributed by atoms with van der Waals surface area (Å²) in [5, 5.41) is 0. The average Bonchev–Trinajstić information content (AvgIpc) is 3.26. The first-order valence-corrected chi connectivity index (χ1v) is 10.6. The number of fused-ring (bicyclic) bond motifs is 1. The number of nitrogens with two attached hydrogens (primary N) is 1. The van der Waals surface area contributed by atoms with Gasteiger partial charge in [-0.15, -0.1) is 0 Å². The van der Waals surface area contributed by atoms with Crippen molar-refractivity contribution in [2.75, 3.05) is 18.8 Å². The van der Waals surface area contributed by atoms with E-state index in [1.165, 1.54) is 7.11 Å². The molecule has 0 spiro atoms. The summed E-state index contributed by atoms with van der Waals surface area (Å²) in [6.07, 6.45) is 1.84. The van der Waals surface area contributed by atoms with Gasteiger partial charge in [0.15, 0.2) is 17.3 Å². The number of aryl methyl sites for hydroxylation is 1. The van der Waals surface area contributed by atoms with Crippen molar-refractivity contribution < 1.29 is 23.8 Å². The molecule has 0 saturated carbocycles. The minimum atomic E-state index is -0.638. The number of anilines is 1. The van der Waals surface area contributed by atoms with E-state index < -0.39 is 11.9 Å². The SMILES string of the molecule is COC(=O)C1=C(N)N(c2cccc(C)c2)C2=C(C(=O)CCC2)C1c1ccc2c(c1)OCO2. The summed E-state index contributed by atoms with van der Waals surface area (Å²) in [6.45, 7) is 2.13. The summed E-state index contributed by atoms with van der Waals surface area (Å²) in [5.41, 5.74) is 11.0. The van der Waals surface area contributed by atoms with Gasteiger partial charge in [0.05, 0.1) is 18.6 Å². The first kappa shape index (κ1) is 20.2. The molecule has 0 bridgehead atoms. The van der Waals surface area contributed by atoms with E-state index in [4.69, 9.17) is 19.9 Å². The number of methoxy groups -OCH3 is 1. The summed E-state index contributed by atoms with van der Waals surface area (Å²) < 4.78 is 16.1. The van der Waals surface area contributed by atoms with E-state index >= 15 is 0 Å². The summed E-state index contributed by atoms with van der Waals surface area (Å²) in [5.74, 6) is 0.302. The number of rotatable bonds is 3. The van der Waals surface area contributed by atoms with Gasteiger partial charge in [0, 0.05) is 23.4 Å². The van der Waals surface area contributed by atoms with Crippen LogP contribution in [0.3, 0.4) is 0 Å². The van der Waals surface area contributed by atoms with Crippen LogP contribution in [0.15, 0.2) is 65.1 Å². The van der Waals surface area contributed by atoms with Gasteiger partial charge in [-0.25, -0.2) is 4.79 Å². The number of esters is 1. The zero-order valence-electron chi connectivity index (χ0n) is 18.0. The molecule has 2 aromatic carbocycles. The van der Waals surface area contributed by atoms with Gasteiger partial charge in [-0.05, 0) is 55.2 Å². The van der Waals surface area contributed by atoms with E-state index in [9.17, 15) is 9.59 Å². The van der Waals surface area contributed by atoms with Crippen LogP contribution < -0.4 is 20.1 Å². The molecule has 1 unspecified atom stereocenters. The normalized spacial score (nSPS) is 19.9. The maximum Gasteiger partial charge on any atom is 0.338 e. The molecule has 1 aliphatic carbocycles. The van der Waals surface area contributed by atoms with Crippen molar-refractivity contribution in [2.45, 2.75) is 32.1 Å². The summed E-state index contributed by atoms with van der Waals surface area (Å²) in [7, 11) is 1.32. The Morgan fingerprint density at radius 1 is 1.12 bits per heavy atom. The monoisotopic (exact) mass is 432 g/mol. The number of hydrogen-bond donors (Lipinski definition) is 1. The van der Waals surface area contributed by atoms with Crippen LogP contribution in [0.25, 0.3) is 0 Å². The van der Waals surface area contributed by atoms with E-state index in [2.05, 4.69) is 0 Å². The Morgan fingerprint density at radius 3 is 2.72 bits per heavy atom. The molecule has 2 N–H and O–H groups in total. The molecule has 7 heteroatoms. The van der Waals surface area contributed by atoms with E-state index in [0.29, 0.717) is 29.9 Å². The third-order valence-electron chi connectivity index (χ3n) is 6.19. The van der Waals surface area contributed by atoms with E-state index in [0.717, 1.165) is 28.9 Å². The summed E-state index contributed by atoms with van der Waals surface area (Å²) in [6, 6.07) is 13.3. The molecule has 0 radical (unpaired) electrons. The Hall–Kier alpha value is -3.74.